The maximum absolute atomic E-state index is 12.8. The summed E-state index contributed by atoms with van der Waals surface area (Å²) in [6, 6.07) is 3.50. The number of carbonyl (C=O) groups is 3. The quantitative estimate of drug-likeness (QED) is 0.392. The first-order chi connectivity index (χ1) is 16.1. The number of hydrogen-bond acceptors (Lipinski definition) is 7. The maximum Gasteiger partial charge on any atom is 0.342 e. The van der Waals surface area contributed by atoms with Crippen LogP contribution >= 0.6 is 11.3 Å². The summed E-state index contributed by atoms with van der Waals surface area (Å²) in [7, 11) is 1.32. The average Bonchev–Trinajstić information content (AvgIpc) is 2.96. The second-order valence-corrected chi connectivity index (χ2v) is 10.3. The van der Waals surface area contributed by atoms with Gasteiger partial charge in [0.1, 0.15) is 16.3 Å². The van der Waals surface area contributed by atoms with Crippen molar-refractivity contribution in [3.05, 3.63) is 44.8 Å². The normalized spacial score (nSPS) is 13.4. The monoisotopic (exact) mass is 487 g/mol. The van der Waals surface area contributed by atoms with E-state index in [0.29, 0.717) is 16.1 Å². The van der Waals surface area contributed by atoms with Crippen LogP contribution < -0.4 is 5.32 Å². The van der Waals surface area contributed by atoms with Gasteiger partial charge in [-0.1, -0.05) is 40.2 Å². The van der Waals surface area contributed by atoms with E-state index in [9.17, 15) is 19.5 Å². The van der Waals surface area contributed by atoms with Crippen LogP contribution in [0.1, 0.15) is 101 Å². The number of aryl methyl sites for hydroxylation is 1. The lowest BCUT2D eigenvalue weighted by Gasteiger charge is -2.16. The fourth-order valence-corrected chi connectivity index (χ4v) is 5.42. The highest BCUT2D eigenvalue weighted by Gasteiger charge is 2.27. The molecule has 3 rings (SSSR count). The van der Waals surface area contributed by atoms with E-state index in [4.69, 9.17) is 9.47 Å². The molecule has 0 saturated heterocycles. The Labute approximate surface area is 204 Å². The minimum Gasteiger partial charge on any atom is -0.507 e. The number of aromatic hydroxyl groups is 1. The third-order valence-electron chi connectivity index (χ3n) is 6.07. The maximum atomic E-state index is 12.8. The lowest BCUT2D eigenvalue weighted by atomic mass is 9.92. The zero-order valence-corrected chi connectivity index (χ0v) is 21.3. The molecule has 0 fully saturated rings. The Bertz CT molecular complexity index is 1090. The molecular formula is C26H33NO6S. The van der Waals surface area contributed by atoms with E-state index in [0.717, 1.165) is 48.1 Å². The van der Waals surface area contributed by atoms with Gasteiger partial charge in [-0.05, 0) is 60.3 Å². The van der Waals surface area contributed by atoms with Gasteiger partial charge in [0, 0.05) is 4.88 Å². The van der Waals surface area contributed by atoms with E-state index in [2.05, 4.69) is 5.32 Å². The number of fused-ring (bicyclic) bond motifs is 1. The number of hydrogen-bond donors (Lipinski definition) is 2. The molecule has 0 spiro atoms. The van der Waals surface area contributed by atoms with Crippen molar-refractivity contribution in [3.63, 3.8) is 0 Å². The van der Waals surface area contributed by atoms with Crippen molar-refractivity contribution < 1.29 is 29.0 Å². The lowest BCUT2D eigenvalue weighted by Crippen LogP contribution is -2.22. The molecule has 0 unspecified atom stereocenters. The molecule has 0 radical (unpaired) electrons. The second-order valence-electron chi connectivity index (χ2n) is 9.20. The molecule has 1 aromatic heterocycles. The Morgan fingerprint density at radius 3 is 2.38 bits per heavy atom. The molecule has 2 aromatic rings. The van der Waals surface area contributed by atoms with Crippen molar-refractivity contribution in [2.75, 3.05) is 19.0 Å². The Hall–Kier alpha value is -2.87. The number of phenols is 1. The number of benzene rings is 1. The molecule has 1 heterocycles. The smallest absolute Gasteiger partial charge is 0.342 e. The predicted octanol–water partition coefficient (Wildman–Crippen LogP) is 5.55. The van der Waals surface area contributed by atoms with Crippen molar-refractivity contribution in [1.82, 2.24) is 0 Å². The number of thiophene rings is 1. The van der Waals surface area contributed by atoms with Gasteiger partial charge in [-0.3, -0.25) is 4.79 Å². The Balaban J connectivity index is 1.76. The summed E-state index contributed by atoms with van der Waals surface area (Å²) in [6.45, 7) is 7.33. The van der Waals surface area contributed by atoms with Gasteiger partial charge in [-0.15, -0.1) is 11.3 Å². The lowest BCUT2D eigenvalue weighted by molar-refractivity contribution is -0.119. The highest BCUT2D eigenvalue weighted by atomic mass is 32.1. The number of esters is 2. The number of carbonyl (C=O) groups excluding carboxylic acids is 3. The summed E-state index contributed by atoms with van der Waals surface area (Å²) in [4.78, 5) is 38.9. The van der Waals surface area contributed by atoms with E-state index in [1.165, 1.54) is 18.4 Å². The van der Waals surface area contributed by atoms with Crippen LogP contribution in [-0.4, -0.2) is 36.7 Å². The van der Waals surface area contributed by atoms with Gasteiger partial charge in [0.15, 0.2) is 6.61 Å². The van der Waals surface area contributed by atoms with E-state index < -0.39 is 24.5 Å². The van der Waals surface area contributed by atoms with Crippen LogP contribution in [0.15, 0.2) is 12.1 Å². The summed E-state index contributed by atoms with van der Waals surface area (Å²) in [5.41, 5.74) is 2.94. The third kappa shape index (κ3) is 5.60. The fourth-order valence-electron chi connectivity index (χ4n) is 4.13. The van der Waals surface area contributed by atoms with Crippen molar-refractivity contribution in [2.24, 2.45) is 0 Å². The van der Waals surface area contributed by atoms with Gasteiger partial charge in [-0.25, -0.2) is 9.59 Å². The zero-order valence-electron chi connectivity index (χ0n) is 20.4. The Morgan fingerprint density at radius 2 is 1.74 bits per heavy atom. The van der Waals surface area contributed by atoms with Crippen molar-refractivity contribution in [3.8, 4) is 5.75 Å². The number of nitrogens with one attached hydrogen (secondary N) is 1. The highest BCUT2D eigenvalue weighted by Crippen LogP contribution is 2.38. The molecular weight excluding hydrogens is 454 g/mol. The van der Waals surface area contributed by atoms with Crippen LogP contribution in [0.3, 0.4) is 0 Å². The first-order valence-corrected chi connectivity index (χ1v) is 12.5. The average molecular weight is 488 g/mol. The van der Waals surface area contributed by atoms with Gasteiger partial charge >= 0.3 is 11.9 Å². The number of rotatable bonds is 7. The molecule has 0 aliphatic heterocycles. The number of methoxy groups -OCH3 is 1. The van der Waals surface area contributed by atoms with Gasteiger partial charge < -0.3 is 19.9 Å². The summed E-state index contributed by atoms with van der Waals surface area (Å²) in [5, 5.41) is 13.8. The molecule has 0 saturated carbocycles. The van der Waals surface area contributed by atoms with Gasteiger partial charge in [0.25, 0.3) is 5.91 Å². The summed E-state index contributed by atoms with van der Waals surface area (Å²) < 4.78 is 10.2. The molecule has 2 N–H and O–H groups in total. The molecule has 1 aliphatic carbocycles. The van der Waals surface area contributed by atoms with E-state index >= 15 is 0 Å². The molecule has 7 nitrogen and oxygen atoms in total. The summed E-state index contributed by atoms with van der Waals surface area (Å²) in [6.07, 6.45) is 4.75. The third-order valence-corrected chi connectivity index (χ3v) is 7.28. The Kier molecular flexibility index (Phi) is 8.36. The highest BCUT2D eigenvalue weighted by molar-refractivity contribution is 7.17. The topological polar surface area (TPSA) is 102 Å². The van der Waals surface area contributed by atoms with Gasteiger partial charge in [-0.2, -0.15) is 0 Å². The van der Waals surface area contributed by atoms with Gasteiger partial charge in [0.05, 0.1) is 12.7 Å². The molecule has 0 bridgehead atoms. The molecule has 34 heavy (non-hydrogen) atoms. The van der Waals surface area contributed by atoms with E-state index in [1.54, 1.807) is 6.07 Å². The molecule has 8 heteroatoms. The molecule has 1 aromatic carbocycles. The van der Waals surface area contributed by atoms with Crippen LogP contribution in [0.2, 0.25) is 0 Å². The Morgan fingerprint density at radius 1 is 1.03 bits per heavy atom. The molecule has 0 atom stereocenters. The van der Waals surface area contributed by atoms with E-state index in [1.807, 2.05) is 33.8 Å². The van der Waals surface area contributed by atoms with Gasteiger partial charge in [0.2, 0.25) is 0 Å². The van der Waals surface area contributed by atoms with Crippen LogP contribution in [0.4, 0.5) is 5.00 Å². The van der Waals surface area contributed by atoms with Crippen LogP contribution in [0.5, 0.6) is 5.75 Å². The van der Waals surface area contributed by atoms with Crippen molar-refractivity contribution >= 4 is 34.2 Å². The standard InChI is InChI=1S/C26H33NO6S/c1-14(2)16-11-18(15(3)4)23(29)19(12-16)25(30)33-13-21(28)27-24-22(26(31)32-5)17-9-7-6-8-10-20(17)34-24/h11-12,14-15,29H,6-10,13H2,1-5H3,(H,27,28). The van der Waals surface area contributed by atoms with Crippen LogP contribution in [0.25, 0.3) is 0 Å². The van der Waals surface area contributed by atoms with Crippen LogP contribution in [-0.2, 0) is 27.1 Å². The molecule has 184 valence electrons. The van der Waals surface area contributed by atoms with Crippen molar-refractivity contribution in [1.29, 1.82) is 0 Å². The van der Waals surface area contributed by atoms with E-state index in [-0.39, 0.29) is 23.1 Å². The number of amides is 1. The zero-order chi connectivity index (χ0) is 25.0. The number of anilines is 1. The largest absolute Gasteiger partial charge is 0.507 e. The fraction of sp³-hybridized carbons (Fsp3) is 0.500. The predicted molar refractivity (Wildman–Crippen MR) is 132 cm³/mol. The molecule has 1 amide bonds. The first-order valence-electron chi connectivity index (χ1n) is 11.7. The summed E-state index contributed by atoms with van der Waals surface area (Å²) >= 11 is 1.38. The van der Waals surface area contributed by atoms with Crippen LogP contribution in [0, 0.1) is 0 Å². The minimum absolute atomic E-state index is 0.0133. The van der Waals surface area contributed by atoms with Crippen molar-refractivity contribution in [2.45, 2.75) is 71.6 Å². The first kappa shape index (κ1) is 25.7. The second kappa shape index (κ2) is 11.0. The summed E-state index contributed by atoms with van der Waals surface area (Å²) in [5.74, 6) is -1.77. The minimum atomic E-state index is -0.771. The SMILES string of the molecule is COC(=O)c1c(NC(=O)COC(=O)c2cc(C(C)C)cc(C(C)C)c2O)sc2c1CCCCC2. The number of ether oxygens (including phenoxy) is 2. The molecule has 1 aliphatic rings. The number of phenolic OH excluding ortho intramolecular Hbond substituents is 1.